The second-order valence-corrected chi connectivity index (χ2v) is 9.32. The van der Waals surface area contributed by atoms with Crippen molar-refractivity contribution in [3.63, 3.8) is 0 Å². The van der Waals surface area contributed by atoms with E-state index in [9.17, 15) is 14.3 Å². The molecule has 13 heteroatoms. The van der Waals surface area contributed by atoms with Crippen molar-refractivity contribution in [3.05, 3.63) is 70.1 Å². The number of aliphatic hydroxyl groups excluding tert-OH is 1. The molecule has 5 rings (SSSR count). The lowest BCUT2D eigenvalue weighted by molar-refractivity contribution is -0.159. The number of halogens is 1. The molecule has 0 saturated carbocycles. The highest BCUT2D eigenvalue weighted by molar-refractivity contribution is 6.27. The van der Waals surface area contributed by atoms with Gasteiger partial charge in [0.2, 0.25) is 0 Å². The van der Waals surface area contributed by atoms with E-state index in [-0.39, 0.29) is 11.9 Å². The molecule has 2 aromatic heterocycles. The average Bonchev–Trinajstić information content (AvgIpc) is 3.30. The molecule has 0 aliphatic carbocycles. The van der Waals surface area contributed by atoms with E-state index in [1.54, 1.807) is 19.4 Å². The van der Waals surface area contributed by atoms with Crippen LogP contribution in [0.1, 0.15) is 30.1 Å². The molecule has 40 heavy (non-hydrogen) atoms. The quantitative estimate of drug-likeness (QED) is 0.211. The van der Waals surface area contributed by atoms with E-state index in [1.165, 1.54) is 6.07 Å². The van der Waals surface area contributed by atoms with Gasteiger partial charge in [-0.15, -0.1) is 0 Å². The predicted molar refractivity (Wildman–Crippen MR) is 142 cm³/mol. The van der Waals surface area contributed by atoms with Gasteiger partial charge in [-0.05, 0) is 61.8 Å². The van der Waals surface area contributed by atoms with Crippen LogP contribution in [-0.2, 0) is 16.1 Å². The van der Waals surface area contributed by atoms with Gasteiger partial charge in [0.25, 0.3) is 0 Å². The second kappa shape index (κ2) is 12.7. The highest BCUT2D eigenvalue weighted by Crippen LogP contribution is 2.28. The van der Waals surface area contributed by atoms with E-state index >= 15 is 0 Å². The molecule has 1 aliphatic rings. The number of ether oxygens (including phenoxy) is 1. The van der Waals surface area contributed by atoms with Crippen LogP contribution in [0.15, 0.2) is 51.8 Å². The van der Waals surface area contributed by atoms with Crippen LogP contribution in [0.3, 0.4) is 0 Å². The third kappa shape index (κ3) is 7.00. The highest BCUT2D eigenvalue weighted by atomic mass is 19.1. The molecule has 3 heterocycles. The van der Waals surface area contributed by atoms with E-state index in [1.807, 2.05) is 24.3 Å². The van der Waals surface area contributed by atoms with Crippen LogP contribution in [0, 0.1) is 5.82 Å². The lowest BCUT2D eigenvalue weighted by atomic mass is 10.0. The Hall–Kier alpha value is -4.33. The van der Waals surface area contributed by atoms with Gasteiger partial charge in [-0.3, -0.25) is 9.97 Å². The van der Waals surface area contributed by atoms with Crippen molar-refractivity contribution >= 4 is 33.9 Å². The zero-order chi connectivity index (χ0) is 28.8. The Morgan fingerprint density at radius 1 is 1.20 bits per heavy atom. The first kappa shape index (κ1) is 28.7. The van der Waals surface area contributed by atoms with Gasteiger partial charge in [0.1, 0.15) is 11.6 Å². The van der Waals surface area contributed by atoms with Crippen LogP contribution < -0.4 is 15.8 Å². The number of likely N-dealkylation sites (tertiary alicyclic amines) is 1. The zero-order valence-corrected chi connectivity index (χ0v) is 21.6. The number of H-pyrrole nitrogens is 1. The summed E-state index contributed by atoms with van der Waals surface area (Å²) in [4.78, 5) is 38.6. The monoisotopic (exact) mass is 556 g/mol. The number of carboxylic acids is 2. The van der Waals surface area contributed by atoms with Crippen LogP contribution in [0.25, 0.3) is 22.0 Å². The number of aliphatic carboxylic acids is 2. The number of aliphatic hydroxyl groups is 1. The molecule has 2 aromatic carbocycles. The first-order valence-electron chi connectivity index (χ1n) is 12.5. The zero-order valence-electron chi connectivity index (χ0n) is 21.6. The molecule has 0 radical (unpaired) electrons. The van der Waals surface area contributed by atoms with Gasteiger partial charge >= 0.3 is 17.7 Å². The summed E-state index contributed by atoms with van der Waals surface area (Å²) >= 11 is 0. The minimum absolute atomic E-state index is 0.243. The maximum absolute atomic E-state index is 14.4. The number of fused-ring (bicyclic) bond motifs is 2. The number of methoxy groups -OCH3 is 1. The maximum Gasteiger partial charge on any atom is 0.417 e. The molecule has 1 saturated heterocycles. The molecule has 1 aliphatic heterocycles. The smallest absolute Gasteiger partial charge is 0.417 e. The van der Waals surface area contributed by atoms with Crippen LogP contribution in [0.4, 0.5) is 4.39 Å². The molecule has 0 spiro atoms. The van der Waals surface area contributed by atoms with Crippen molar-refractivity contribution in [3.8, 4) is 5.75 Å². The van der Waals surface area contributed by atoms with E-state index in [4.69, 9.17) is 29.0 Å². The van der Waals surface area contributed by atoms with Crippen molar-refractivity contribution < 1.29 is 38.5 Å². The standard InChI is InChI=1S/C25H27FN4O4.C2H2O4/c1-33-17-2-3-21-19(11-17)18(4-7-27-21)23(31)14-30-8-5-16(6-9-30)28-13-15-10-24-22(12-20(15)26)29-25(32)34-24;3-1(4)2(5)6/h2-4,7,10-12,16,23,28,31H,5-6,8-9,13-14H2,1H3,(H,29,32);(H,3,4)(H,5,6)/t23-;/m0./s1. The third-order valence-electron chi connectivity index (χ3n) is 6.71. The minimum atomic E-state index is -1.82. The Labute approximate surface area is 227 Å². The first-order valence-corrected chi connectivity index (χ1v) is 12.5. The number of benzene rings is 2. The number of hydrogen-bond donors (Lipinski definition) is 5. The molecular formula is C27H29FN4O8. The van der Waals surface area contributed by atoms with Crippen LogP contribution in [0.5, 0.6) is 5.75 Å². The summed E-state index contributed by atoms with van der Waals surface area (Å²) in [5.74, 6) is -3.88. The summed E-state index contributed by atoms with van der Waals surface area (Å²) in [5.41, 5.74) is 2.84. The van der Waals surface area contributed by atoms with Gasteiger partial charge in [0.15, 0.2) is 5.58 Å². The number of carbonyl (C=O) groups is 2. The van der Waals surface area contributed by atoms with Crippen molar-refractivity contribution in [2.45, 2.75) is 31.5 Å². The largest absolute Gasteiger partial charge is 0.497 e. The second-order valence-electron chi connectivity index (χ2n) is 9.32. The SMILES string of the molecule is COc1ccc2nccc([C@@H](O)CN3CCC(NCc4cc5oc(=O)[nH]c5cc4F)CC3)c2c1.O=C(O)C(=O)O. The van der Waals surface area contributed by atoms with Gasteiger partial charge < -0.3 is 34.7 Å². The van der Waals surface area contributed by atoms with Gasteiger partial charge in [0.05, 0.1) is 24.2 Å². The normalized spacial score (nSPS) is 15.0. The summed E-state index contributed by atoms with van der Waals surface area (Å²) in [7, 11) is 1.62. The Bertz CT molecular complexity index is 1550. The number of hydrogen-bond acceptors (Lipinski definition) is 9. The lowest BCUT2D eigenvalue weighted by Gasteiger charge is -2.33. The van der Waals surface area contributed by atoms with Crippen molar-refractivity contribution in [2.75, 3.05) is 26.7 Å². The molecule has 212 valence electrons. The molecule has 12 nitrogen and oxygen atoms in total. The maximum atomic E-state index is 14.4. The summed E-state index contributed by atoms with van der Waals surface area (Å²) in [6.45, 7) is 2.54. The molecule has 5 N–H and O–H groups in total. The number of carboxylic acid groups (broad SMARTS) is 2. The van der Waals surface area contributed by atoms with Gasteiger partial charge in [-0.25, -0.2) is 18.8 Å². The van der Waals surface area contributed by atoms with Gasteiger partial charge in [0, 0.05) is 42.3 Å². The summed E-state index contributed by atoms with van der Waals surface area (Å²) < 4.78 is 24.7. The Kier molecular flexibility index (Phi) is 9.09. The fourth-order valence-electron chi connectivity index (χ4n) is 4.63. The van der Waals surface area contributed by atoms with E-state index < -0.39 is 23.8 Å². The van der Waals surface area contributed by atoms with Crippen LogP contribution in [-0.4, -0.2) is 74.9 Å². The number of nitrogens with zero attached hydrogens (tertiary/aromatic N) is 2. The van der Waals surface area contributed by atoms with Crippen LogP contribution in [0.2, 0.25) is 0 Å². The van der Waals surface area contributed by atoms with Gasteiger partial charge in [-0.2, -0.15) is 0 Å². The Morgan fingerprint density at radius 3 is 2.60 bits per heavy atom. The molecule has 1 fully saturated rings. The number of pyridine rings is 1. The number of oxazole rings is 1. The molecule has 4 aromatic rings. The molecule has 0 amide bonds. The van der Waals surface area contributed by atoms with E-state index in [0.29, 0.717) is 29.8 Å². The lowest BCUT2D eigenvalue weighted by Crippen LogP contribution is -2.43. The topological polar surface area (TPSA) is 178 Å². The molecule has 1 atom stereocenters. The molecule has 0 unspecified atom stereocenters. The van der Waals surface area contributed by atoms with Crippen molar-refractivity contribution in [1.82, 2.24) is 20.2 Å². The summed E-state index contributed by atoms with van der Waals surface area (Å²) in [6, 6.07) is 10.6. The summed E-state index contributed by atoms with van der Waals surface area (Å²) in [5, 5.41) is 30.1. The van der Waals surface area contributed by atoms with Crippen molar-refractivity contribution in [2.24, 2.45) is 0 Å². The van der Waals surface area contributed by atoms with Crippen molar-refractivity contribution in [1.29, 1.82) is 0 Å². The number of piperidine rings is 1. The first-order chi connectivity index (χ1) is 19.1. The van der Waals surface area contributed by atoms with Crippen LogP contribution >= 0.6 is 0 Å². The fourth-order valence-corrected chi connectivity index (χ4v) is 4.63. The number of aromatic nitrogens is 2. The molecular weight excluding hydrogens is 527 g/mol. The van der Waals surface area contributed by atoms with E-state index in [0.717, 1.165) is 48.1 Å². The molecule has 0 bridgehead atoms. The number of aromatic amines is 1. The number of rotatable bonds is 7. The Morgan fingerprint density at radius 2 is 1.93 bits per heavy atom. The predicted octanol–water partition coefficient (Wildman–Crippen LogP) is 2.26. The highest BCUT2D eigenvalue weighted by Gasteiger charge is 2.23. The minimum Gasteiger partial charge on any atom is -0.497 e. The Balaban J connectivity index is 0.000000557. The third-order valence-corrected chi connectivity index (χ3v) is 6.71. The summed E-state index contributed by atoms with van der Waals surface area (Å²) in [6.07, 6.45) is 2.86. The van der Waals surface area contributed by atoms with Gasteiger partial charge in [-0.1, -0.05) is 0 Å². The van der Waals surface area contributed by atoms with E-state index in [2.05, 4.69) is 20.2 Å². The number of β-amino-alcohol motifs (C(OH)–C–C–N with tert-alkyl or cyclic N) is 1. The fraction of sp³-hybridized carbons (Fsp3) is 0.333. The average molecular weight is 557 g/mol. The number of nitrogens with one attached hydrogen (secondary N) is 2.